The van der Waals surface area contributed by atoms with Crippen LogP contribution >= 0.6 is 11.3 Å². The van der Waals surface area contributed by atoms with E-state index >= 15 is 0 Å². The molecule has 1 amide bonds. The van der Waals surface area contributed by atoms with Crippen LogP contribution in [0, 0.1) is 12.8 Å². The average Bonchev–Trinajstić information content (AvgIpc) is 3.25. The van der Waals surface area contributed by atoms with E-state index in [0.29, 0.717) is 18.5 Å². The zero-order valence-electron chi connectivity index (χ0n) is 15.6. The molecule has 2 aliphatic rings. The van der Waals surface area contributed by atoms with Crippen molar-refractivity contribution in [1.82, 2.24) is 15.2 Å². The molecule has 1 atom stereocenters. The average molecular weight is 367 g/mol. The standard InChI is InChI=1S/C18H30N4O2S/c1-13(2)15(21-8-10-24-11-9-21)12-19-17(23)16-14(3)20-18(25-16)22-6-4-5-7-22/h13,15H,4-12H2,1-3H3,(H,19,23). The van der Waals surface area contributed by atoms with E-state index in [1.165, 1.54) is 24.2 Å². The number of nitrogens with one attached hydrogen (secondary N) is 1. The molecule has 2 aliphatic heterocycles. The fraction of sp³-hybridized carbons (Fsp3) is 0.778. The number of nitrogens with zero attached hydrogens (tertiary/aromatic N) is 3. The highest BCUT2D eigenvalue weighted by Gasteiger charge is 2.26. The Bertz CT molecular complexity index is 578. The Hall–Kier alpha value is -1.18. The molecule has 6 nitrogen and oxygen atoms in total. The Morgan fingerprint density at radius 1 is 1.24 bits per heavy atom. The van der Waals surface area contributed by atoms with Gasteiger partial charge in [-0.05, 0) is 25.7 Å². The third-order valence-corrected chi connectivity index (χ3v) is 6.34. The lowest BCUT2D eigenvalue weighted by Gasteiger charge is -2.36. The van der Waals surface area contributed by atoms with Crippen molar-refractivity contribution in [3.63, 3.8) is 0 Å². The third kappa shape index (κ3) is 4.51. The molecule has 3 rings (SSSR count). The lowest BCUT2D eigenvalue weighted by atomic mass is 10.0. The summed E-state index contributed by atoms with van der Waals surface area (Å²) in [5.41, 5.74) is 0.844. The van der Waals surface area contributed by atoms with Gasteiger partial charge in [0.25, 0.3) is 5.91 Å². The maximum Gasteiger partial charge on any atom is 0.263 e. The molecule has 1 N–H and O–H groups in total. The second-order valence-corrected chi connectivity index (χ2v) is 8.25. The Balaban J connectivity index is 1.60. The molecular weight excluding hydrogens is 336 g/mol. The molecule has 0 spiro atoms. The number of carbonyl (C=O) groups excluding carboxylic acids is 1. The van der Waals surface area contributed by atoms with E-state index in [0.717, 1.165) is 55.1 Å². The van der Waals surface area contributed by atoms with Gasteiger partial charge < -0.3 is 15.0 Å². The number of thiazole rings is 1. The highest BCUT2D eigenvalue weighted by molar-refractivity contribution is 7.17. The molecule has 25 heavy (non-hydrogen) atoms. The molecule has 2 fully saturated rings. The summed E-state index contributed by atoms with van der Waals surface area (Å²) in [4.78, 5) is 22.8. The van der Waals surface area contributed by atoms with Gasteiger partial charge in [0.1, 0.15) is 4.88 Å². The first-order chi connectivity index (χ1) is 12.1. The van der Waals surface area contributed by atoms with Gasteiger partial charge in [0, 0.05) is 38.8 Å². The molecule has 0 aromatic carbocycles. The topological polar surface area (TPSA) is 57.7 Å². The monoisotopic (exact) mass is 366 g/mol. The van der Waals surface area contributed by atoms with Gasteiger partial charge in [0.05, 0.1) is 18.9 Å². The summed E-state index contributed by atoms with van der Waals surface area (Å²) in [6, 6.07) is 0.346. The Labute approximate surface area is 154 Å². The van der Waals surface area contributed by atoms with Crippen LogP contribution in [0.1, 0.15) is 42.1 Å². The summed E-state index contributed by atoms with van der Waals surface area (Å²) >= 11 is 1.53. The number of aryl methyl sites for hydroxylation is 1. The number of aromatic nitrogens is 1. The Morgan fingerprint density at radius 2 is 1.92 bits per heavy atom. The normalized spacial score (nSPS) is 20.2. The van der Waals surface area contributed by atoms with Crippen LogP contribution in [0.25, 0.3) is 0 Å². The zero-order chi connectivity index (χ0) is 17.8. The second-order valence-electron chi connectivity index (χ2n) is 7.27. The van der Waals surface area contributed by atoms with E-state index in [9.17, 15) is 4.79 Å². The van der Waals surface area contributed by atoms with Crippen molar-refractivity contribution < 1.29 is 9.53 Å². The van der Waals surface area contributed by atoms with E-state index in [4.69, 9.17) is 4.74 Å². The van der Waals surface area contributed by atoms with Crippen LogP contribution in [0.5, 0.6) is 0 Å². The fourth-order valence-electron chi connectivity index (χ4n) is 3.61. The van der Waals surface area contributed by atoms with Crippen LogP contribution in [0.2, 0.25) is 0 Å². The molecule has 140 valence electrons. The van der Waals surface area contributed by atoms with Crippen molar-refractivity contribution in [2.75, 3.05) is 50.8 Å². The van der Waals surface area contributed by atoms with Gasteiger partial charge >= 0.3 is 0 Å². The van der Waals surface area contributed by atoms with Crippen molar-refractivity contribution in [1.29, 1.82) is 0 Å². The van der Waals surface area contributed by atoms with Gasteiger partial charge in [0.2, 0.25) is 0 Å². The summed E-state index contributed by atoms with van der Waals surface area (Å²) in [7, 11) is 0. The minimum atomic E-state index is 0.0133. The largest absolute Gasteiger partial charge is 0.379 e. The zero-order valence-corrected chi connectivity index (χ0v) is 16.4. The third-order valence-electron chi connectivity index (χ3n) is 5.12. The second kappa shape index (κ2) is 8.47. The number of rotatable bonds is 6. The highest BCUT2D eigenvalue weighted by atomic mass is 32.1. The summed E-state index contributed by atoms with van der Waals surface area (Å²) in [5.74, 6) is 0.500. The predicted molar refractivity (Wildman–Crippen MR) is 102 cm³/mol. The minimum Gasteiger partial charge on any atom is -0.379 e. The number of ether oxygens (including phenoxy) is 1. The Kier molecular flexibility index (Phi) is 6.30. The summed E-state index contributed by atoms with van der Waals surface area (Å²) in [6.07, 6.45) is 2.44. The van der Waals surface area contributed by atoms with Crippen LogP contribution in [0.4, 0.5) is 5.13 Å². The summed E-state index contributed by atoms with van der Waals surface area (Å²) in [5, 5.41) is 4.15. The molecule has 7 heteroatoms. The molecule has 0 saturated carbocycles. The Morgan fingerprint density at radius 3 is 2.56 bits per heavy atom. The molecule has 3 heterocycles. The SMILES string of the molecule is Cc1nc(N2CCCC2)sc1C(=O)NCC(C(C)C)N1CCOCC1. The van der Waals surface area contributed by atoms with E-state index in [1.54, 1.807) is 0 Å². The molecule has 0 aliphatic carbocycles. The number of carbonyl (C=O) groups is 1. The highest BCUT2D eigenvalue weighted by Crippen LogP contribution is 2.28. The maximum atomic E-state index is 12.7. The van der Waals surface area contributed by atoms with Gasteiger partial charge in [-0.15, -0.1) is 0 Å². The molecule has 2 saturated heterocycles. The summed E-state index contributed by atoms with van der Waals surface area (Å²) in [6.45, 7) is 12.6. The van der Waals surface area contributed by atoms with E-state index in [1.807, 2.05) is 6.92 Å². The van der Waals surface area contributed by atoms with E-state index in [-0.39, 0.29) is 5.91 Å². The molecule has 1 aromatic rings. The van der Waals surface area contributed by atoms with E-state index < -0.39 is 0 Å². The number of hydrogen-bond acceptors (Lipinski definition) is 6. The molecule has 0 radical (unpaired) electrons. The maximum absolute atomic E-state index is 12.7. The number of hydrogen-bond donors (Lipinski definition) is 1. The van der Waals surface area contributed by atoms with Crippen molar-refractivity contribution in [2.24, 2.45) is 5.92 Å². The fourth-order valence-corrected chi connectivity index (χ4v) is 4.64. The van der Waals surface area contributed by atoms with Crippen LogP contribution in [-0.2, 0) is 4.74 Å². The van der Waals surface area contributed by atoms with Gasteiger partial charge in [-0.2, -0.15) is 0 Å². The van der Waals surface area contributed by atoms with Crippen molar-refractivity contribution in [3.8, 4) is 0 Å². The lowest BCUT2D eigenvalue weighted by Crippen LogP contribution is -2.51. The van der Waals surface area contributed by atoms with Crippen LogP contribution in [0.15, 0.2) is 0 Å². The molecular formula is C18H30N4O2S. The van der Waals surface area contributed by atoms with Crippen LogP contribution in [-0.4, -0.2) is 67.8 Å². The number of anilines is 1. The van der Waals surface area contributed by atoms with Crippen LogP contribution in [0.3, 0.4) is 0 Å². The van der Waals surface area contributed by atoms with Crippen LogP contribution < -0.4 is 10.2 Å². The predicted octanol–water partition coefficient (Wildman–Crippen LogP) is 2.14. The number of amides is 1. The lowest BCUT2D eigenvalue weighted by molar-refractivity contribution is 0.00673. The van der Waals surface area contributed by atoms with E-state index in [2.05, 4.69) is 33.9 Å². The van der Waals surface area contributed by atoms with Crippen molar-refractivity contribution >= 4 is 22.4 Å². The van der Waals surface area contributed by atoms with Gasteiger partial charge in [-0.1, -0.05) is 25.2 Å². The molecule has 1 unspecified atom stereocenters. The number of morpholine rings is 1. The smallest absolute Gasteiger partial charge is 0.263 e. The van der Waals surface area contributed by atoms with Gasteiger partial charge in [0.15, 0.2) is 5.13 Å². The first-order valence-corrected chi connectivity index (χ1v) is 10.2. The first-order valence-electron chi connectivity index (χ1n) is 9.38. The van der Waals surface area contributed by atoms with Gasteiger partial charge in [-0.25, -0.2) is 4.98 Å². The molecule has 0 bridgehead atoms. The quantitative estimate of drug-likeness (QED) is 0.836. The van der Waals surface area contributed by atoms with Crippen molar-refractivity contribution in [2.45, 2.75) is 39.7 Å². The molecule has 1 aromatic heterocycles. The summed E-state index contributed by atoms with van der Waals surface area (Å²) < 4.78 is 5.45. The first kappa shape index (κ1) is 18.6. The van der Waals surface area contributed by atoms with Gasteiger partial charge in [-0.3, -0.25) is 9.69 Å². The van der Waals surface area contributed by atoms with Crippen molar-refractivity contribution in [3.05, 3.63) is 10.6 Å². The minimum absolute atomic E-state index is 0.0133.